The third-order valence-corrected chi connectivity index (χ3v) is 7.22. The predicted molar refractivity (Wildman–Crippen MR) is 134 cm³/mol. The van der Waals surface area contributed by atoms with E-state index >= 15 is 0 Å². The Kier molecular flexibility index (Phi) is 6.65. The molecule has 1 atom stereocenters. The van der Waals surface area contributed by atoms with Crippen LogP contribution >= 0.6 is 0 Å². The summed E-state index contributed by atoms with van der Waals surface area (Å²) < 4.78 is 0. The summed E-state index contributed by atoms with van der Waals surface area (Å²) in [7, 11) is 0. The van der Waals surface area contributed by atoms with Gasteiger partial charge in [0.1, 0.15) is 6.04 Å². The largest absolute Gasteiger partial charge is 0.384 e. The molecule has 1 aromatic carbocycles. The minimum atomic E-state index is -0.963. The number of likely N-dealkylation sites (tertiary alicyclic amines) is 1. The van der Waals surface area contributed by atoms with Crippen molar-refractivity contribution in [2.24, 2.45) is 5.92 Å². The highest BCUT2D eigenvalue weighted by atomic mass is 16.2. The zero-order valence-electron chi connectivity index (χ0n) is 20.0. The molecule has 0 bridgehead atoms. The summed E-state index contributed by atoms with van der Waals surface area (Å²) in [4.78, 5) is 57.9. The molecule has 2 saturated heterocycles. The van der Waals surface area contributed by atoms with Crippen LogP contribution in [0.2, 0.25) is 0 Å². The van der Waals surface area contributed by atoms with Gasteiger partial charge in [-0.2, -0.15) is 0 Å². The molecule has 3 aliphatic rings. The Labute approximate surface area is 209 Å². The lowest BCUT2D eigenvalue weighted by Gasteiger charge is -2.32. The number of hydrogen-bond donors (Lipinski definition) is 2. The van der Waals surface area contributed by atoms with Crippen molar-refractivity contribution in [2.45, 2.75) is 38.3 Å². The average Bonchev–Trinajstić information content (AvgIpc) is 3.14. The van der Waals surface area contributed by atoms with Gasteiger partial charge in [0.25, 0.3) is 11.8 Å². The van der Waals surface area contributed by atoms with Crippen LogP contribution in [0.5, 0.6) is 0 Å². The predicted octanol–water partition coefficient (Wildman–Crippen LogP) is 2.45. The highest BCUT2D eigenvalue weighted by molar-refractivity contribution is 6.25. The summed E-state index contributed by atoms with van der Waals surface area (Å²) in [6.07, 6.45) is 5.93. The second kappa shape index (κ2) is 10.0. The number of benzene rings is 1. The van der Waals surface area contributed by atoms with E-state index in [1.807, 2.05) is 12.3 Å². The molecular weight excluding hydrogens is 458 g/mol. The summed E-state index contributed by atoms with van der Waals surface area (Å²) in [5.41, 5.74) is 3.26. The first-order valence-electron chi connectivity index (χ1n) is 12.3. The third kappa shape index (κ3) is 4.66. The van der Waals surface area contributed by atoms with Crippen molar-refractivity contribution in [2.75, 3.05) is 25.0 Å². The van der Waals surface area contributed by atoms with E-state index in [1.165, 1.54) is 5.56 Å². The zero-order chi connectivity index (χ0) is 25.2. The molecule has 0 saturated carbocycles. The molecule has 36 heavy (non-hydrogen) atoms. The van der Waals surface area contributed by atoms with Crippen LogP contribution in [0.25, 0.3) is 6.08 Å². The fraction of sp³-hybridized carbons (Fsp3) is 0.370. The minimum absolute atomic E-state index is 0.101. The van der Waals surface area contributed by atoms with Crippen molar-refractivity contribution in [3.05, 3.63) is 65.5 Å². The Morgan fingerprint density at radius 1 is 1.06 bits per heavy atom. The third-order valence-electron chi connectivity index (χ3n) is 7.22. The van der Waals surface area contributed by atoms with E-state index in [4.69, 9.17) is 0 Å². The summed E-state index contributed by atoms with van der Waals surface area (Å²) in [5.74, 6) is -1.52. The van der Waals surface area contributed by atoms with E-state index in [1.54, 1.807) is 24.3 Å². The molecule has 0 radical (unpaired) electrons. The van der Waals surface area contributed by atoms with Gasteiger partial charge in [-0.25, -0.2) is 0 Å². The van der Waals surface area contributed by atoms with Crippen molar-refractivity contribution in [3.63, 3.8) is 0 Å². The number of piperidine rings is 2. The minimum Gasteiger partial charge on any atom is -0.384 e. The molecule has 2 fully saturated rings. The lowest BCUT2D eigenvalue weighted by molar-refractivity contribution is -0.136. The monoisotopic (exact) mass is 487 g/mol. The van der Waals surface area contributed by atoms with Gasteiger partial charge in [-0.1, -0.05) is 18.7 Å². The van der Waals surface area contributed by atoms with Gasteiger partial charge in [0, 0.05) is 31.4 Å². The molecule has 2 aromatic rings. The van der Waals surface area contributed by atoms with Crippen LogP contribution in [-0.2, 0) is 16.1 Å². The molecule has 1 aromatic heterocycles. The smallest absolute Gasteiger partial charge is 0.264 e. The zero-order valence-corrected chi connectivity index (χ0v) is 20.0. The molecule has 0 spiro atoms. The first kappa shape index (κ1) is 23.9. The number of imide groups is 2. The standard InChI is InChI=1S/C27H29N5O4/c1-2-19-7-6-18(15-28-19)16-31-12-10-17(11-13-31)14-29-21-5-3-4-20-24(21)27(36)32(26(20)35)22-8-9-23(33)30-25(22)34/h2-7,15,17,22,29H,1,8-14,16H2,(H,30,33,34). The molecule has 2 N–H and O–H groups in total. The summed E-state index contributed by atoms with van der Waals surface area (Å²) in [6, 6.07) is 8.26. The van der Waals surface area contributed by atoms with Gasteiger partial charge in [-0.05, 0) is 68.1 Å². The molecule has 1 unspecified atom stereocenters. The molecular formula is C27H29N5O4. The van der Waals surface area contributed by atoms with E-state index in [2.05, 4.69) is 33.2 Å². The topological polar surface area (TPSA) is 112 Å². The normalized spacial score (nSPS) is 20.9. The highest BCUT2D eigenvalue weighted by Gasteiger charge is 2.45. The van der Waals surface area contributed by atoms with Gasteiger partial charge >= 0.3 is 0 Å². The number of amides is 4. The van der Waals surface area contributed by atoms with Gasteiger partial charge in [0.2, 0.25) is 11.8 Å². The number of nitrogens with one attached hydrogen (secondary N) is 2. The van der Waals surface area contributed by atoms with Gasteiger partial charge in [-0.15, -0.1) is 0 Å². The summed E-state index contributed by atoms with van der Waals surface area (Å²) >= 11 is 0. The number of anilines is 1. The van der Waals surface area contributed by atoms with Gasteiger partial charge in [0.05, 0.1) is 16.8 Å². The Bertz CT molecular complexity index is 1220. The lowest BCUT2D eigenvalue weighted by atomic mass is 9.96. The number of aromatic nitrogens is 1. The van der Waals surface area contributed by atoms with Gasteiger partial charge in [0.15, 0.2) is 0 Å². The quantitative estimate of drug-likeness (QED) is 0.577. The fourth-order valence-corrected chi connectivity index (χ4v) is 5.17. The average molecular weight is 488 g/mol. The van der Waals surface area contributed by atoms with Crippen molar-refractivity contribution in [3.8, 4) is 0 Å². The maximum Gasteiger partial charge on any atom is 0.264 e. The molecule has 5 rings (SSSR count). The Morgan fingerprint density at radius 3 is 2.56 bits per heavy atom. The van der Waals surface area contributed by atoms with E-state index in [-0.39, 0.29) is 18.7 Å². The van der Waals surface area contributed by atoms with Crippen LogP contribution in [0.1, 0.15) is 57.7 Å². The molecule has 4 amide bonds. The molecule has 3 aliphatic heterocycles. The Hall–Kier alpha value is -3.85. The van der Waals surface area contributed by atoms with Crippen LogP contribution in [-0.4, -0.2) is 64.1 Å². The highest BCUT2D eigenvalue weighted by Crippen LogP contribution is 2.33. The maximum atomic E-state index is 13.2. The molecule has 9 heteroatoms. The summed E-state index contributed by atoms with van der Waals surface area (Å²) in [5, 5.41) is 5.62. The van der Waals surface area contributed by atoms with E-state index in [9.17, 15) is 19.2 Å². The number of pyridine rings is 1. The van der Waals surface area contributed by atoms with Gasteiger partial charge < -0.3 is 5.32 Å². The number of carbonyl (C=O) groups is 4. The van der Waals surface area contributed by atoms with Crippen molar-refractivity contribution in [1.82, 2.24) is 20.1 Å². The van der Waals surface area contributed by atoms with Crippen LogP contribution in [0.4, 0.5) is 5.69 Å². The number of carbonyl (C=O) groups excluding carboxylic acids is 4. The van der Waals surface area contributed by atoms with Gasteiger partial charge in [-0.3, -0.25) is 39.3 Å². The number of nitrogens with zero attached hydrogens (tertiary/aromatic N) is 3. The SMILES string of the molecule is C=Cc1ccc(CN2CCC(CNc3cccc4c3C(=O)N(C3CCC(=O)NC3=O)C4=O)CC2)cn1. The van der Waals surface area contributed by atoms with Crippen molar-refractivity contribution < 1.29 is 19.2 Å². The van der Waals surface area contributed by atoms with E-state index in [0.717, 1.165) is 43.1 Å². The Balaban J connectivity index is 1.19. The van der Waals surface area contributed by atoms with Crippen LogP contribution in [0, 0.1) is 5.92 Å². The Morgan fingerprint density at radius 2 is 1.86 bits per heavy atom. The number of hydrogen-bond acceptors (Lipinski definition) is 7. The lowest BCUT2D eigenvalue weighted by Crippen LogP contribution is -2.54. The summed E-state index contributed by atoms with van der Waals surface area (Å²) in [6.45, 7) is 7.25. The molecule has 4 heterocycles. The van der Waals surface area contributed by atoms with Crippen LogP contribution in [0.3, 0.4) is 0 Å². The number of fused-ring (bicyclic) bond motifs is 1. The van der Waals surface area contributed by atoms with Crippen LogP contribution < -0.4 is 10.6 Å². The molecule has 9 nitrogen and oxygen atoms in total. The first-order valence-corrected chi connectivity index (χ1v) is 12.3. The first-order chi connectivity index (χ1) is 17.4. The second-order valence-electron chi connectivity index (χ2n) is 9.57. The van der Waals surface area contributed by atoms with Crippen molar-refractivity contribution >= 4 is 35.4 Å². The fourth-order valence-electron chi connectivity index (χ4n) is 5.17. The molecule has 0 aliphatic carbocycles. The van der Waals surface area contributed by atoms with E-state index < -0.39 is 23.8 Å². The number of rotatable bonds is 7. The van der Waals surface area contributed by atoms with Crippen LogP contribution in [0.15, 0.2) is 43.1 Å². The van der Waals surface area contributed by atoms with Crippen molar-refractivity contribution in [1.29, 1.82) is 0 Å². The second-order valence-corrected chi connectivity index (χ2v) is 9.57. The molecule has 186 valence electrons. The maximum absolute atomic E-state index is 13.2. The van der Waals surface area contributed by atoms with E-state index in [0.29, 0.717) is 29.3 Å².